The van der Waals surface area contributed by atoms with Crippen molar-refractivity contribution in [1.82, 2.24) is 5.32 Å². The summed E-state index contributed by atoms with van der Waals surface area (Å²) in [5.74, 6) is -2.06. The van der Waals surface area contributed by atoms with Crippen molar-refractivity contribution in [3.8, 4) is 0 Å². The number of hydrogen-bond donors (Lipinski definition) is 2. The zero-order chi connectivity index (χ0) is 17.1. The van der Waals surface area contributed by atoms with E-state index in [1.165, 1.54) is 37.8 Å². The second kappa shape index (κ2) is 11.0. The summed E-state index contributed by atoms with van der Waals surface area (Å²) in [7, 11) is 0. The van der Waals surface area contributed by atoms with Crippen LogP contribution in [0.25, 0.3) is 0 Å². The van der Waals surface area contributed by atoms with Crippen molar-refractivity contribution in [2.45, 2.75) is 51.9 Å². The maximum Gasteiger partial charge on any atom is 0.313 e. The lowest BCUT2D eigenvalue weighted by molar-refractivity contribution is -0.136. The fourth-order valence-corrected chi connectivity index (χ4v) is 2.31. The van der Waals surface area contributed by atoms with Gasteiger partial charge in [-0.15, -0.1) is 0 Å². The monoisotopic (exact) mass is 342 g/mol. The van der Waals surface area contributed by atoms with Crippen molar-refractivity contribution in [1.29, 1.82) is 0 Å². The lowest BCUT2D eigenvalue weighted by Crippen LogP contribution is -2.35. The van der Waals surface area contributed by atoms with Crippen molar-refractivity contribution in [2.75, 3.05) is 11.9 Å². The summed E-state index contributed by atoms with van der Waals surface area (Å²) in [4.78, 5) is 23.3. The summed E-state index contributed by atoms with van der Waals surface area (Å²) >= 11 is 5.61. The van der Waals surface area contributed by atoms with E-state index in [9.17, 15) is 14.0 Å². The van der Waals surface area contributed by atoms with Crippen molar-refractivity contribution in [2.24, 2.45) is 0 Å². The molecule has 0 spiro atoms. The predicted octanol–water partition coefficient (Wildman–Crippen LogP) is 4.28. The molecular formula is C17H24ClFN2O2. The zero-order valence-electron chi connectivity index (χ0n) is 13.5. The first kappa shape index (κ1) is 19.4. The SMILES string of the molecule is CCCCCCCCCNC(=O)C(=O)Nc1ccc(F)c(Cl)c1. The zero-order valence-corrected chi connectivity index (χ0v) is 14.2. The van der Waals surface area contributed by atoms with E-state index in [4.69, 9.17) is 11.6 Å². The molecule has 4 nitrogen and oxygen atoms in total. The highest BCUT2D eigenvalue weighted by Gasteiger charge is 2.13. The van der Waals surface area contributed by atoms with E-state index in [1.807, 2.05) is 0 Å². The summed E-state index contributed by atoms with van der Waals surface area (Å²) in [5, 5.41) is 4.85. The van der Waals surface area contributed by atoms with E-state index in [0.717, 1.165) is 25.3 Å². The average Bonchev–Trinajstić information content (AvgIpc) is 2.53. The number of amides is 2. The Morgan fingerprint density at radius 1 is 1.04 bits per heavy atom. The first-order valence-corrected chi connectivity index (χ1v) is 8.46. The number of anilines is 1. The van der Waals surface area contributed by atoms with Gasteiger partial charge < -0.3 is 10.6 Å². The number of halogens is 2. The van der Waals surface area contributed by atoms with Crippen LogP contribution in [0.2, 0.25) is 5.02 Å². The molecule has 0 atom stereocenters. The maximum atomic E-state index is 13.0. The molecule has 0 aliphatic heterocycles. The van der Waals surface area contributed by atoms with E-state index < -0.39 is 17.6 Å². The van der Waals surface area contributed by atoms with Gasteiger partial charge >= 0.3 is 11.8 Å². The van der Waals surface area contributed by atoms with Crippen LogP contribution >= 0.6 is 11.6 Å². The van der Waals surface area contributed by atoms with Gasteiger partial charge in [-0.25, -0.2) is 4.39 Å². The molecular weight excluding hydrogens is 319 g/mol. The third-order valence-corrected chi connectivity index (χ3v) is 3.74. The van der Waals surface area contributed by atoms with Crippen LogP contribution in [0, 0.1) is 5.82 Å². The van der Waals surface area contributed by atoms with Gasteiger partial charge in [0, 0.05) is 12.2 Å². The van der Waals surface area contributed by atoms with E-state index >= 15 is 0 Å². The van der Waals surface area contributed by atoms with Crippen molar-refractivity contribution in [3.63, 3.8) is 0 Å². The quantitative estimate of drug-likeness (QED) is 0.519. The molecule has 128 valence electrons. The van der Waals surface area contributed by atoms with Crippen LogP contribution in [0.15, 0.2) is 18.2 Å². The van der Waals surface area contributed by atoms with Crippen molar-refractivity contribution >= 4 is 29.1 Å². The first-order chi connectivity index (χ1) is 11.0. The summed E-state index contributed by atoms with van der Waals surface area (Å²) in [6.45, 7) is 2.66. The highest BCUT2D eigenvalue weighted by molar-refractivity contribution is 6.39. The molecule has 0 bridgehead atoms. The van der Waals surface area contributed by atoms with Crippen LogP contribution < -0.4 is 10.6 Å². The molecule has 0 fully saturated rings. The molecule has 0 saturated carbocycles. The Kier molecular flexibility index (Phi) is 9.29. The molecule has 0 aliphatic carbocycles. The standard InChI is InChI=1S/C17H24ClFN2O2/c1-2-3-4-5-6-7-8-11-20-16(22)17(23)21-13-9-10-15(19)14(18)12-13/h9-10,12H,2-8,11H2,1H3,(H,20,22)(H,21,23). The lowest BCUT2D eigenvalue weighted by Gasteiger charge is -2.07. The van der Waals surface area contributed by atoms with E-state index in [1.54, 1.807) is 0 Å². The molecule has 0 radical (unpaired) electrons. The molecule has 2 amide bonds. The number of hydrogen-bond acceptors (Lipinski definition) is 2. The van der Waals surface area contributed by atoms with Crippen molar-refractivity contribution < 1.29 is 14.0 Å². The number of benzene rings is 1. The Hall–Kier alpha value is -1.62. The molecule has 2 N–H and O–H groups in total. The fourth-order valence-electron chi connectivity index (χ4n) is 2.13. The van der Waals surface area contributed by atoms with Crippen LogP contribution in [-0.4, -0.2) is 18.4 Å². The highest BCUT2D eigenvalue weighted by Crippen LogP contribution is 2.19. The molecule has 0 heterocycles. The van der Waals surface area contributed by atoms with E-state index in [2.05, 4.69) is 17.6 Å². The summed E-state index contributed by atoms with van der Waals surface area (Å²) in [5.41, 5.74) is 0.285. The third kappa shape index (κ3) is 7.98. The van der Waals surface area contributed by atoms with Crippen LogP contribution in [0.1, 0.15) is 51.9 Å². The Bertz CT molecular complexity index is 523. The molecule has 0 aliphatic rings. The minimum atomic E-state index is -0.782. The lowest BCUT2D eigenvalue weighted by atomic mass is 10.1. The molecule has 0 saturated heterocycles. The van der Waals surface area contributed by atoms with Gasteiger partial charge in [0.2, 0.25) is 0 Å². The van der Waals surface area contributed by atoms with Crippen LogP contribution in [0.5, 0.6) is 0 Å². The van der Waals surface area contributed by atoms with Gasteiger partial charge in [0.05, 0.1) is 5.02 Å². The minimum Gasteiger partial charge on any atom is -0.348 e. The van der Waals surface area contributed by atoms with Gasteiger partial charge in [0.25, 0.3) is 0 Å². The molecule has 0 aromatic heterocycles. The largest absolute Gasteiger partial charge is 0.348 e. The third-order valence-electron chi connectivity index (χ3n) is 3.45. The maximum absolute atomic E-state index is 13.0. The number of carbonyl (C=O) groups is 2. The Labute approximate surface area is 141 Å². The second-order valence-corrected chi connectivity index (χ2v) is 5.87. The van der Waals surface area contributed by atoms with Crippen molar-refractivity contribution in [3.05, 3.63) is 29.0 Å². The normalized spacial score (nSPS) is 10.4. The summed E-state index contributed by atoms with van der Waals surface area (Å²) in [6.07, 6.45) is 8.01. The fraction of sp³-hybridized carbons (Fsp3) is 0.529. The smallest absolute Gasteiger partial charge is 0.313 e. The molecule has 23 heavy (non-hydrogen) atoms. The predicted molar refractivity (Wildman–Crippen MR) is 91.0 cm³/mol. The molecule has 1 aromatic rings. The van der Waals surface area contributed by atoms with Gasteiger partial charge in [-0.3, -0.25) is 9.59 Å². The van der Waals surface area contributed by atoms with Gasteiger partial charge in [-0.1, -0.05) is 57.0 Å². The van der Waals surface area contributed by atoms with Gasteiger partial charge in [-0.05, 0) is 24.6 Å². The average molecular weight is 343 g/mol. The van der Waals surface area contributed by atoms with Crippen LogP contribution in [0.4, 0.5) is 10.1 Å². The number of rotatable bonds is 9. The van der Waals surface area contributed by atoms with Gasteiger partial charge in [0.1, 0.15) is 5.82 Å². The van der Waals surface area contributed by atoms with Gasteiger partial charge in [-0.2, -0.15) is 0 Å². The molecule has 1 rings (SSSR count). The Morgan fingerprint density at radius 2 is 1.70 bits per heavy atom. The van der Waals surface area contributed by atoms with Crippen LogP contribution in [-0.2, 0) is 9.59 Å². The molecule has 1 aromatic carbocycles. The van der Waals surface area contributed by atoms with Crippen LogP contribution in [0.3, 0.4) is 0 Å². The topological polar surface area (TPSA) is 58.2 Å². The summed E-state index contributed by atoms with van der Waals surface area (Å²) < 4.78 is 13.0. The van der Waals surface area contributed by atoms with E-state index in [0.29, 0.717) is 6.54 Å². The highest BCUT2D eigenvalue weighted by atomic mass is 35.5. The molecule has 0 unspecified atom stereocenters. The first-order valence-electron chi connectivity index (χ1n) is 8.08. The Balaban J connectivity index is 2.19. The number of unbranched alkanes of at least 4 members (excludes halogenated alkanes) is 6. The summed E-state index contributed by atoms with van der Waals surface area (Å²) in [6, 6.07) is 3.75. The van der Waals surface area contributed by atoms with Gasteiger partial charge in [0.15, 0.2) is 0 Å². The molecule has 6 heteroatoms. The number of carbonyl (C=O) groups excluding carboxylic acids is 2. The second-order valence-electron chi connectivity index (χ2n) is 5.46. The number of nitrogens with one attached hydrogen (secondary N) is 2. The van der Waals surface area contributed by atoms with E-state index in [-0.39, 0.29) is 10.7 Å². The minimum absolute atomic E-state index is 0.105. The Morgan fingerprint density at radius 3 is 2.35 bits per heavy atom.